The topological polar surface area (TPSA) is 90.9 Å². The number of likely N-dealkylation sites (tertiary alicyclic amines) is 1. The van der Waals surface area contributed by atoms with E-state index in [1.54, 1.807) is 0 Å². The maximum Gasteiger partial charge on any atom is 0.326 e. The van der Waals surface area contributed by atoms with Crippen LogP contribution in [0.4, 0.5) is 4.79 Å². The number of nitrogens with one attached hydrogen (secondary N) is 2. The number of hydrogen-bond donors (Lipinski definition) is 3. The molecule has 7 heteroatoms. The number of carbonyl (C=O) groups excluding carboxylic acids is 1. The van der Waals surface area contributed by atoms with Gasteiger partial charge in [-0.3, -0.25) is 0 Å². The number of carboxylic acid groups (broad SMARTS) is 1. The number of nitrogens with zero attached hydrogens (tertiary/aromatic N) is 1. The first-order chi connectivity index (χ1) is 10.0. The second-order valence-electron chi connectivity index (χ2n) is 5.61. The zero-order valence-electron chi connectivity index (χ0n) is 12.9. The largest absolute Gasteiger partial charge is 0.480 e. The highest BCUT2D eigenvalue weighted by Gasteiger charge is 2.20. The monoisotopic (exact) mass is 301 g/mol. The van der Waals surface area contributed by atoms with Crippen LogP contribution in [0.5, 0.6) is 0 Å². The summed E-state index contributed by atoms with van der Waals surface area (Å²) in [6, 6.07) is -1.33. The van der Waals surface area contributed by atoms with Gasteiger partial charge in [-0.05, 0) is 45.3 Å². The van der Waals surface area contributed by atoms with Gasteiger partial charge in [-0.25, -0.2) is 9.59 Å². The van der Waals surface area contributed by atoms with Crippen LogP contribution >= 0.6 is 0 Å². The quantitative estimate of drug-likeness (QED) is 0.607. The zero-order valence-corrected chi connectivity index (χ0v) is 12.9. The molecule has 0 aliphatic carbocycles. The van der Waals surface area contributed by atoms with Crippen LogP contribution in [-0.2, 0) is 9.53 Å². The fraction of sp³-hybridized carbons (Fsp3) is 0.857. The summed E-state index contributed by atoms with van der Waals surface area (Å²) in [6.45, 7) is 3.09. The molecule has 0 spiro atoms. The fourth-order valence-electron chi connectivity index (χ4n) is 2.44. The molecule has 0 aromatic carbocycles. The van der Waals surface area contributed by atoms with E-state index in [2.05, 4.69) is 22.6 Å². The van der Waals surface area contributed by atoms with Crippen LogP contribution in [0.2, 0.25) is 0 Å². The van der Waals surface area contributed by atoms with Crippen molar-refractivity contribution >= 4 is 12.0 Å². The first-order valence-electron chi connectivity index (χ1n) is 7.47. The van der Waals surface area contributed by atoms with Crippen molar-refractivity contribution in [1.29, 1.82) is 0 Å². The first-order valence-corrected chi connectivity index (χ1v) is 7.47. The van der Waals surface area contributed by atoms with Gasteiger partial charge in [0.25, 0.3) is 0 Å². The molecule has 2 amide bonds. The van der Waals surface area contributed by atoms with E-state index in [0.717, 1.165) is 32.4 Å². The van der Waals surface area contributed by atoms with Gasteiger partial charge in [0.1, 0.15) is 6.04 Å². The standard InChI is InChI=1S/C14H27N3O4/c1-17-8-4-11(5-9-17)3-7-15-14(20)16-12(13(18)19)6-10-21-2/h11-12H,3-10H2,1-2H3,(H,18,19)(H2,15,16,20). The molecule has 1 rings (SSSR count). The lowest BCUT2D eigenvalue weighted by atomic mass is 9.94. The van der Waals surface area contributed by atoms with Crippen molar-refractivity contribution in [3.63, 3.8) is 0 Å². The van der Waals surface area contributed by atoms with E-state index in [4.69, 9.17) is 9.84 Å². The molecule has 0 saturated carbocycles. The minimum atomic E-state index is -1.04. The molecule has 1 aliphatic heterocycles. The molecule has 1 atom stereocenters. The van der Waals surface area contributed by atoms with Crippen molar-refractivity contribution in [3.8, 4) is 0 Å². The fourth-order valence-corrected chi connectivity index (χ4v) is 2.44. The van der Waals surface area contributed by atoms with E-state index in [1.165, 1.54) is 7.11 Å². The number of ether oxygens (including phenoxy) is 1. The average molecular weight is 301 g/mol. The number of aliphatic carboxylic acids is 1. The molecule has 3 N–H and O–H groups in total. The molecule has 1 aliphatic rings. The summed E-state index contributed by atoms with van der Waals surface area (Å²) in [6.07, 6.45) is 3.52. The third kappa shape index (κ3) is 7.29. The lowest BCUT2D eigenvalue weighted by molar-refractivity contribution is -0.139. The second kappa shape index (κ2) is 9.57. The predicted molar refractivity (Wildman–Crippen MR) is 79.3 cm³/mol. The molecule has 1 heterocycles. The average Bonchev–Trinajstić information content (AvgIpc) is 2.45. The molecule has 21 heavy (non-hydrogen) atoms. The maximum atomic E-state index is 11.7. The highest BCUT2D eigenvalue weighted by Crippen LogP contribution is 2.18. The predicted octanol–water partition coefficient (Wildman–Crippen LogP) is 0.507. The summed E-state index contributed by atoms with van der Waals surface area (Å²) < 4.78 is 4.83. The first kappa shape index (κ1) is 17.7. The Bertz CT molecular complexity index is 330. The van der Waals surface area contributed by atoms with Crippen molar-refractivity contribution in [2.75, 3.05) is 40.4 Å². The number of carboxylic acids is 1. The summed E-state index contributed by atoms with van der Waals surface area (Å²) >= 11 is 0. The molecule has 122 valence electrons. The van der Waals surface area contributed by atoms with Gasteiger partial charge < -0.3 is 25.4 Å². The van der Waals surface area contributed by atoms with Crippen molar-refractivity contribution in [3.05, 3.63) is 0 Å². The lowest BCUT2D eigenvalue weighted by Gasteiger charge is -2.28. The summed E-state index contributed by atoms with van der Waals surface area (Å²) in [5, 5.41) is 14.2. The smallest absolute Gasteiger partial charge is 0.326 e. The van der Waals surface area contributed by atoms with Gasteiger partial charge in [0.15, 0.2) is 0 Å². The van der Waals surface area contributed by atoms with E-state index >= 15 is 0 Å². The van der Waals surface area contributed by atoms with Gasteiger partial charge in [-0.2, -0.15) is 0 Å². The van der Waals surface area contributed by atoms with E-state index in [-0.39, 0.29) is 6.42 Å². The summed E-state index contributed by atoms with van der Waals surface area (Å²) in [7, 11) is 3.62. The Kier molecular flexibility index (Phi) is 8.07. The van der Waals surface area contributed by atoms with Crippen LogP contribution in [0.1, 0.15) is 25.7 Å². The molecular formula is C14H27N3O4. The maximum absolute atomic E-state index is 11.7. The van der Waals surface area contributed by atoms with Gasteiger partial charge in [-0.15, -0.1) is 0 Å². The van der Waals surface area contributed by atoms with Crippen LogP contribution in [0.25, 0.3) is 0 Å². The minimum Gasteiger partial charge on any atom is -0.480 e. The van der Waals surface area contributed by atoms with Crippen LogP contribution < -0.4 is 10.6 Å². The molecule has 1 unspecified atom stereocenters. The Morgan fingerprint density at radius 2 is 2.05 bits per heavy atom. The third-order valence-electron chi connectivity index (χ3n) is 3.89. The van der Waals surface area contributed by atoms with Crippen LogP contribution in [0.3, 0.4) is 0 Å². The molecule has 0 radical (unpaired) electrons. The number of methoxy groups -OCH3 is 1. The Morgan fingerprint density at radius 3 is 2.62 bits per heavy atom. The number of amides is 2. The van der Waals surface area contributed by atoms with Crippen LogP contribution in [-0.4, -0.2) is 68.4 Å². The number of carbonyl (C=O) groups is 2. The van der Waals surface area contributed by atoms with Crippen molar-refractivity contribution in [2.24, 2.45) is 5.92 Å². The van der Waals surface area contributed by atoms with Gasteiger partial charge in [0.2, 0.25) is 0 Å². The highest BCUT2D eigenvalue weighted by atomic mass is 16.5. The second-order valence-corrected chi connectivity index (χ2v) is 5.61. The molecule has 0 aromatic rings. The van der Waals surface area contributed by atoms with Gasteiger partial charge >= 0.3 is 12.0 Å². The summed E-state index contributed by atoms with van der Waals surface area (Å²) in [5.74, 6) is -0.400. The Hall–Kier alpha value is -1.34. The van der Waals surface area contributed by atoms with Crippen molar-refractivity contribution < 1.29 is 19.4 Å². The molecule has 0 aromatic heterocycles. The van der Waals surface area contributed by atoms with E-state index in [9.17, 15) is 9.59 Å². The van der Waals surface area contributed by atoms with Crippen LogP contribution in [0, 0.1) is 5.92 Å². The number of hydrogen-bond acceptors (Lipinski definition) is 4. The molecule has 0 bridgehead atoms. The minimum absolute atomic E-state index is 0.258. The van der Waals surface area contributed by atoms with Gasteiger partial charge in [0, 0.05) is 26.7 Å². The summed E-state index contributed by atoms with van der Waals surface area (Å²) in [5.41, 5.74) is 0. The van der Waals surface area contributed by atoms with Crippen molar-refractivity contribution in [2.45, 2.75) is 31.7 Å². The number of urea groups is 1. The Morgan fingerprint density at radius 1 is 1.38 bits per heavy atom. The molecule has 1 fully saturated rings. The molecular weight excluding hydrogens is 274 g/mol. The van der Waals surface area contributed by atoms with Gasteiger partial charge in [-0.1, -0.05) is 0 Å². The van der Waals surface area contributed by atoms with Crippen LogP contribution in [0.15, 0.2) is 0 Å². The zero-order chi connectivity index (χ0) is 15.7. The lowest BCUT2D eigenvalue weighted by Crippen LogP contribution is -2.47. The Balaban J connectivity index is 2.18. The molecule has 1 saturated heterocycles. The third-order valence-corrected chi connectivity index (χ3v) is 3.89. The number of rotatable bonds is 8. The SMILES string of the molecule is COCCC(NC(=O)NCCC1CCN(C)CC1)C(=O)O. The van der Waals surface area contributed by atoms with Gasteiger partial charge in [0.05, 0.1) is 0 Å². The van der Waals surface area contributed by atoms with E-state index in [0.29, 0.717) is 19.1 Å². The Labute approximate surface area is 126 Å². The van der Waals surface area contributed by atoms with E-state index in [1.807, 2.05) is 0 Å². The number of piperidine rings is 1. The van der Waals surface area contributed by atoms with Crippen molar-refractivity contribution in [1.82, 2.24) is 15.5 Å². The van der Waals surface area contributed by atoms with E-state index < -0.39 is 18.0 Å². The normalized spacial score (nSPS) is 18.2. The highest BCUT2D eigenvalue weighted by molar-refractivity contribution is 5.82. The summed E-state index contributed by atoms with van der Waals surface area (Å²) in [4.78, 5) is 25.0. The molecule has 7 nitrogen and oxygen atoms in total.